The minimum atomic E-state index is 0.0387. The van der Waals surface area contributed by atoms with Crippen LogP contribution in [0.15, 0.2) is 4.52 Å². The fourth-order valence-electron chi connectivity index (χ4n) is 2.31. The molecule has 0 aromatic carbocycles. The highest BCUT2D eigenvalue weighted by Gasteiger charge is 2.16. The van der Waals surface area contributed by atoms with Crippen molar-refractivity contribution in [2.45, 2.75) is 45.6 Å². The van der Waals surface area contributed by atoms with Crippen LogP contribution in [0.25, 0.3) is 0 Å². The van der Waals surface area contributed by atoms with Crippen molar-refractivity contribution in [1.82, 2.24) is 15.8 Å². The third kappa shape index (κ3) is 3.32. The average molecular weight is 251 g/mol. The molecule has 1 aromatic heterocycles. The lowest BCUT2D eigenvalue weighted by atomic mass is 10.0. The molecule has 2 rings (SSSR count). The van der Waals surface area contributed by atoms with Gasteiger partial charge in [0.15, 0.2) is 0 Å². The number of carbonyl (C=O) groups excluding carboxylic acids is 1. The Labute approximate surface area is 107 Å². The molecule has 0 aliphatic carbocycles. The second-order valence-electron chi connectivity index (χ2n) is 4.93. The van der Waals surface area contributed by atoms with Crippen molar-refractivity contribution in [3.05, 3.63) is 17.0 Å². The average Bonchev–Trinajstić information content (AvgIpc) is 2.69. The molecule has 0 radical (unpaired) electrons. The Morgan fingerprint density at radius 3 is 2.94 bits per heavy atom. The molecule has 0 saturated carbocycles. The molecule has 2 heterocycles. The molecular formula is C13H21N3O2. The molecule has 1 fully saturated rings. The minimum absolute atomic E-state index is 0.0387. The SMILES string of the molecule is Cc1noc(C)c1CC(=O)NCC1CCCCN1. The zero-order valence-corrected chi connectivity index (χ0v) is 11.1. The van der Waals surface area contributed by atoms with Gasteiger partial charge in [0.2, 0.25) is 5.91 Å². The van der Waals surface area contributed by atoms with E-state index in [0.29, 0.717) is 19.0 Å². The van der Waals surface area contributed by atoms with Crippen molar-refractivity contribution in [2.24, 2.45) is 0 Å². The second-order valence-corrected chi connectivity index (χ2v) is 4.93. The van der Waals surface area contributed by atoms with Crippen molar-refractivity contribution in [3.63, 3.8) is 0 Å². The maximum Gasteiger partial charge on any atom is 0.224 e. The number of nitrogens with zero attached hydrogens (tertiary/aromatic N) is 1. The Kier molecular flexibility index (Phi) is 4.36. The molecule has 0 spiro atoms. The van der Waals surface area contributed by atoms with Crippen LogP contribution in [0.5, 0.6) is 0 Å². The number of amides is 1. The maximum atomic E-state index is 11.8. The standard InChI is InChI=1S/C13H21N3O2/c1-9-12(10(2)18-16-9)7-13(17)15-8-11-5-3-4-6-14-11/h11,14H,3-8H2,1-2H3,(H,15,17). The first-order valence-corrected chi connectivity index (χ1v) is 6.58. The fraction of sp³-hybridized carbons (Fsp3) is 0.692. The maximum absolute atomic E-state index is 11.8. The minimum Gasteiger partial charge on any atom is -0.361 e. The topological polar surface area (TPSA) is 67.2 Å². The summed E-state index contributed by atoms with van der Waals surface area (Å²) in [6.45, 7) is 5.47. The van der Waals surface area contributed by atoms with Gasteiger partial charge in [-0.15, -0.1) is 0 Å². The number of hydrogen-bond donors (Lipinski definition) is 2. The molecule has 1 aliphatic rings. The first kappa shape index (κ1) is 13.1. The Balaban J connectivity index is 1.78. The molecule has 2 N–H and O–H groups in total. The number of carbonyl (C=O) groups is 1. The zero-order valence-electron chi connectivity index (χ0n) is 11.1. The fourth-order valence-corrected chi connectivity index (χ4v) is 2.31. The van der Waals surface area contributed by atoms with E-state index >= 15 is 0 Å². The molecule has 1 saturated heterocycles. The lowest BCUT2D eigenvalue weighted by molar-refractivity contribution is -0.120. The van der Waals surface area contributed by atoms with Gasteiger partial charge in [0.25, 0.3) is 0 Å². The van der Waals surface area contributed by atoms with Gasteiger partial charge in [-0.05, 0) is 33.2 Å². The van der Waals surface area contributed by atoms with Crippen molar-refractivity contribution in [3.8, 4) is 0 Å². The molecule has 0 bridgehead atoms. The van der Waals surface area contributed by atoms with Gasteiger partial charge in [-0.2, -0.15) is 0 Å². The molecule has 18 heavy (non-hydrogen) atoms. The van der Waals surface area contributed by atoms with E-state index in [4.69, 9.17) is 4.52 Å². The third-order valence-electron chi connectivity index (χ3n) is 3.48. The summed E-state index contributed by atoms with van der Waals surface area (Å²) < 4.78 is 5.05. The van der Waals surface area contributed by atoms with E-state index in [1.807, 2.05) is 13.8 Å². The van der Waals surface area contributed by atoms with Crippen molar-refractivity contribution >= 4 is 5.91 Å². The molecule has 1 aliphatic heterocycles. The molecule has 1 aromatic rings. The Morgan fingerprint density at radius 2 is 2.33 bits per heavy atom. The van der Waals surface area contributed by atoms with Gasteiger partial charge in [-0.25, -0.2) is 0 Å². The van der Waals surface area contributed by atoms with Crippen LogP contribution in [0.2, 0.25) is 0 Å². The summed E-state index contributed by atoms with van der Waals surface area (Å²) in [4.78, 5) is 11.8. The first-order chi connectivity index (χ1) is 8.66. The number of nitrogens with one attached hydrogen (secondary N) is 2. The molecule has 5 heteroatoms. The van der Waals surface area contributed by atoms with E-state index in [1.54, 1.807) is 0 Å². The summed E-state index contributed by atoms with van der Waals surface area (Å²) in [6.07, 6.45) is 3.99. The Morgan fingerprint density at radius 1 is 1.50 bits per heavy atom. The Hall–Kier alpha value is -1.36. The van der Waals surface area contributed by atoms with Gasteiger partial charge in [0.05, 0.1) is 12.1 Å². The van der Waals surface area contributed by atoms with Crippen LogP contribution in [0.1, 0.15) is 36.3 Å². The summed E-state index contributed by atoms with van der Waals surface area (Å²) in [6, 6.07) is 0.423. The normalized spacial score (nSPS) is 19.8. The summed E-state index contributed by atoms with van der Waals surface area (Å²) in [7, 11) is 0. The molecule has 1 amide bonds. The molecule has 5 nitrogen and oxygen atoms in total. The number of aromatic nitrogens is 1. The van der Waals surface area contributed by atoms with Gasteiger partial charge < -0.3 is 15.2 Å². The quantitative estimate of drug-likeness (QED) is 0.840. The molecule has 100 valence electrons. The highest BCUT2D eigenvalue weighted by Crippen LogP contribution is 2.12. The summed E-state index contributed by atoms with van der Waals surface area (Å²) in [5.41, 5.74) is 1.71. The van der Waals surface area contributed by atoms with Gasteiger partial charge in [-0.3, -0.25) is 4.79 Å². The number of rotatable bonds is 4. The number of hydrogen-bond acceptors (Lipinski definition) is 4. The lowest BCUT2D eigenvalue weighted by Crippen LogP contribution is -2.43. The molecule has 1 atom stereocenters. The van der Waals surface area contributed by atoms with Crippen molar-refractivity contribution in [2.75, 3.05) is 13.1 Å². The first-order valence-electron chi connectivity index (χ1n) is 6.58. The second kappa shape index (κ2) is 6.00. The smallest absolute Gasteiger partial charge is 0.224 e. The van der Waals surface area contributed by atoms with E-state index < -0.39 is 0 Å². The van der Waals surface area contributed by atoms with E-state index in [-0.39, 0.29) is 5.91 Å². The third-order valence-corrected chi connectivity index (χ3v) is 3.48. The number of aryl methyl sites for hydroxylation is 2. The van der Waals surface area contributed by atoms with Gasteiger partial charge in [0.1, 0.15) is 5.76 Å². The van der Waals surface area contributed by atoms with Gasteiger partial charge in [0, 0.05) is 18.2 Å². The predicted octanol–water partition coefficient (Wildman–Crippen LogP) is 1.09. The van der Waals surface area contributed by atoms with Crippen LogP contribution in [0.4, 0.5) is 0 Å². The lowest BCUT2D eigenvalue weighted by Gasteiger charge is -2.23. The van der Waals surface area contributed by atoms with E-state index in [9.17, 15) is 4.79 Å². The molecular weight excluding hydrogens is 230 g/mol. The van der Waals surface area contributed by atoms with Crippen LogP contribution >= 0.6 is 0 Å². The Bertz CT molecular complexity index is 389. The van der Waals surface area contributed by atoms with E-state index in [0.717, 1.165) is 30.0 Å². The highest BCUT2D eigenvalue weighted by atomic mass is 16.5. The zero-order chi connectivity index (χ0) is 13.0. The van der Waals surface area contributed by atoms with Gasteiger partial charge in [-0.1, -0.05) is 11.6 Å². The van der Waals surface area contributed by atoms with E-state index in [2.05, 4.69) is 15.8 Å². The van der Waals surface area contributed by atoms with Crippen LogP contribution in [0, 0.1) is 13.8 Å². The highest BCUT2D eigenvalue weighted by molar-refractivity contribution is 5.79. The van der Waals surface area contributed by atoms with Crippen LogP contribution < -0.4 is 10.6 Å². The summed E-state index contributed by atoms with van der Waals surface area (Å²) in [5.74, 6) is 0.773. The van der Waals surface area contributed by atoms with Crippen LogP contribution in [0.3, 0.4) is 0 Å². The summed E-state index contributed by atoms with van der Waals surface area (Å²) in [5, 5.41) is 10.2. The monoisotopic (exact) mass is 251 g/mol. The molecule has 1 unspecified atom stereocenters. The largest absolute Gasteiger partial charge is 0.361 e. The van der Waals surface area contributed by atoms with Crippen LogP contribution in [-0.2, 0) is 11.2 Å². The van der Waals surface area contributed by atoms with Crippen molar-refractivity contribution in [1.29, 1.82) is 0 Å². The van der Waals surface area contributed by atoms with Crippen LogP contribution in [-0.4, -0.2) is 30.2 Å². The van der Waals surface area contributed by atoms with Gasteiger partial charge >= 0.3 is 0 Å². The van der Waals surface area contributed by atoms with Crippen molar-refractivity contribution < 1.29 is 9.32 Å². The number of piperidine rings is 1. The predicted molar refractivity (Wildman–Crippen MR) is 68.3 cm³/mol. The van der Waals surface area contributed by atoms with E-state index in [1.165, 1.54) is 12.8 Å². The summed E-state index contributed by atoms with van der Waals surface area (Å²) >= 11 is 0.